The number of anilines is 1. The second kappa shape index (κ2) is 9.95. The van der Waals surface area contributed by atoms with Crippen molar-refractivity contribution in [1.29, 1.82) is 0 Å². The van der Waals surface area contributed by atoms with Gasteiger partial charge in [0.2, 0.25) is 5.82 Å². The van der Waals surface area contributed by atoms with Crippen LogP contribution in [0.3, 0.4) is 0 Å². The molecule has 2 heterocycles. The monoisotopic (exact) mass is 478 g/mol. The number of aromatic amines is 1. The predicted octanol–water partition coefficient (Wildman–Crippen LogP) is 5.52. The molecule has 36 heavy (non-hydrogen) atoms. The molecule has 8 heteroatoms. The maximum Gasteiger partial charge on any atom is 0.335 e. The van der Waals surface area contributed by atoms with Crippen LogP contribution >= 0.6 is 0 Å². The minimum atomic E-state index is -0.947. The number of nitrogens with one attached hydrogen (secondary N) is 2. The number of hydrogen-bond donors (Lipinski definition) is 3. The number of benzene rings is 3. The Balaban J connectivity index is 1.46. The minimum absolute atomic E-state index is 0.253. The van der Waals surface area contributed by atoms with Gasteiger partial charge in [0.15, 0.2) is 0 Å². The van der Waals surface area contributed by atoms with Crippen molar-refractivity contribution in [2.45, 2.75) is 33.2 Å². The molecule has 5 rings (SSSR count). The second-order valence-corrected chi connectivity index (χ2v) is 8.49. The Morgan fingerprint density at radius 3 is 2.42 bits per heavy atom. The number of hydrogen-bond acceptors (Lipinski definition) is 6. The van der Waals surface area contributed by atoms with Gasteiger partial charge in [-0.2, -0.15) is 5.21 Å². The molecule has 0 radical (unpaired) electrons. The van der Waals surface area contributed by atoms with Crippen molar-refractivity contribution in [3.8, 4) is 22.5 Å². The van der Waals surface area contributed by atoms with E-state index in [1.807, 2.05) is 24.3 Å². The highest BCUT2D eigenvalue weighted by Crippen LogP contribution is 2.32. The van der Waals surface area contributed by atoms with Crippen LogP contribution in [0, 0.1) is 0 Å². The fraction of sp³-hybridized carbons (Fsp3) is 0.179. The summed E-state index contributed by atoms with van der Waals surface area (Å²) < 4.78 is 0. The van der Waals surface area contributed by atoms with Crippen molar-refractivity contribution >= 4 is 22.6 Å². The molecule has 3 aromatic carbocycles. The van der Waals surface area contributed by atoms with E-state index in [0.717, 1.165) is 62.9 Å². The average Bonchev–Trinajstić information content (AvgIpc) is 3.46. The Hall–Kier alpha value is -4.59. The van der Waals surface area contributed by atoms with Crippen molar-refractivity contribution < 1.29 is 9.90 Å². The van der Waals surface area contributed by atoms with E-state index >= 15 is 0 Å². The molecular formula is C28H26N6O2. The van der Waals surface area contributed by atoms with Crippen LogP contribution in [-0.2, 0) is 19.4 Å². The van der Waals surface area contributed by atoms with E-state index in [1.54, 1.807) is 18.2 Å². The average molecular weight is 479 g/mol. The normalized spacial score (nSPS) is 11.1. The van der Waals surface area contributed by atoms with E-state index < -0.39 is 5.97 Å². The molecule has 180 valence electrons. The molecule has 0 fully saturated rings. The van der Waals surface area contributed by atoms with Gasteiger partial charge < -0.3 is 10.4 Å². The lowest BCUT2D eigenvalue weighted by atomic mass is 9.98. The first-order valence-electron chi connectivity index (χ1n) is 11.9. The third kappa shape index (κ3) is 4.40. The lowest BCUT2D eigenvalue weighted by Gasteiger charge is -2.18. The fourth-order valence-corrected chi connectivity index (χ4v) is 4.56. The molecule has 8 nitrogen and oxygen atoms in total. The zero-order chi connectivity index (χ0) is 25.1. The predicted molar refractivity (Wildman–Crippen MR) is 140 cm³/mol. The van der Waals surface area contributed by atoms with Gasteiger partial charge in [0.25, 0.3) is 0 Å². The minimum Gasteiger partial charge on any atom is -0.478 e. The van der Waals surface area contributed by atoms with Crippen LogP contribution in [0.4, 0.5) is 5.69 Å². The van der Waals surface area contributed by atoms with Gasteiger partial charge in [0, 0.05) is 28.9 Å². The van der Waals surface area contributed by atoms with Crippen LogP contribution in [0.25, 0.3) is 33.4 Å². The van der Waals surface area contributed by atoms with Crippen LogP contribution < -0.4 is 5.32 Å². The largest absolute Gasteiger partial charge is 0.478 e. The van der Waals surface area contributed by atoms with Gasteiger partial charge in [0.1, 0.15) is 0 Å². The number of aryl methyl sites for hydroxylation is 1. The van der Waals surface area contributed by atoms with Crippen LogP contribution in [0.2, 0.25) is 0 Å². The summed E-state index contributed by atoms with van der Waals surface area (Å²) in [7, 11) is 0. The molecule has 0 spiro atoms. The van der Waals surface area contributed by atoms with E-state index in [2.05, 4.69) is 64.1 Å². The summed E-state index contributed by atoms with van der Waals surface area (Å²) in [5.41, 5.74) is 8.26. The number of pyridine rings is 1. The van der Waals surface area contributed by atoms with Crippen LogP contribution in [0.5, 0.6) is 0 Å². The standard InChI is InChI=1S/C28H26N6O2/c1-3-20-24(4-2)30-25-14-13-19(28(35)36)15-23(25)26(20)29-16-17-9-11-18(12-10-17)21-7-5-6-8-22(21)27-31-33-34-32-27/h5-15H,3-4,16H2,1-2H3,(H,29,30)(H,35,36)(H,31,32,33,34). The molecule has 5 aromatic rings. The molecule has 0 aliphatic carbocycles. The fourth-order valence-electron chi connectivity index (χ4n) is 4.56. The number of H-pyrrole nitrogens is 1. The van der Waals surface area contributed by atoms with Crippen molar-refractivity contribution in [2.24, 2.45) is 0 Å². The Morgan fingerprint density at radius 1 is 0.972 bits per heavy atom. The summed E-state index contributed by atoms with van der Waals surface area (Å²) in [4.78, 5) is 16.4. The number of carbonyl (C=O) groups is 1. The van der Waals surface area contributed by atoms with Crippen molar-refractivity contribution in [3.05, 3.63) is 89.1 Å². The molecule has 0 aliphatic heterocycles. The molecule has 0 atom stereocenters. The van der Waals surface area contributed by atoms with Crippen molar-refractivity contribution in [3.63, 3.8) is 0 Å². The molecular weight excluding hydrogens is 452 g/mol. The van der Waals surface area contributed by atoms with Crippen molar-refractivity contribution in [2.75, 3.05) is 5.32 Å². The number of fused-ring (bicyclic) bond motifs is 1. The van der Waals surface area contributed by atoms with Gasteiger partial charge in [-0.3, -0.25) is 4.98 Å². The van der Waals surface area contributed by atoms with E-state index in [-0.39, 0.29) is 5.56 Å². The summed E-state index contributed by atoms with van der Waals surface area (Å²) in [5.74, 6) is -0.391. The SMILES string of the molecule is CCc1nc2ccc(C(=O)O)cc2c(NCc2ccc(-c3ccccc3-c3nn[nH]n3)cc2)c1CC. The van der Waals surface area contributed by atoms with Crippen LogP contribution in [0.15, 0.2) is 66.7 Å². The lowest BCUT2D eigenvalue weighted by Crippen LogP contribution is -2.08. The Bertz CT molecular complexity index is 1530. The number of aromatic carboxylic acids is 1. The summed E-state index contributed by atoms with van der Waals surface area (Å²) in [6.45, 7) is 4.79. The molecule has 0 bridgehead atoms. The zero-order valence-corrected chi connectivity index (χ0v) is 20.1. The molecule has 0 saturated carbocycles. The topological polar surface area (TPSA) is 117 Å². The molecule has 0 saturated heterocycles. The Labute approximate surface area is 208 Å². The van der Waals surface area contributed by atoms with Gasteiger partial charge in [-0.25, -0.2) is 4.79 Å². The first kappa shape index (κ1) is 23.2. The molecule has 2 aromatic heterocycles. The summed E-state index contributed by atoms with van der Waals surface area (Å²) in [6.07, 6.45) is 1.61. The van der Waals surface area contributed by atoms with Gasteiger partial charge >= 0.3 is 5.97 Å². The first-order valence-corrected chi connectivity index (χ1v) is 11.9. The number of tetrazole rings is 1. The van der Waals surface area contributed by atoms with Gasteiger partial charge in [0.05, 0.1) is 11.1 Å². The molecule has 0 unspecified atom stereocenters. The van der Waals surface area contributed by atoms with Crippen molar-refractivity contribution in [1.82, 2.24) is 25.6 Å². The maximum absolute atomic E-state index is 11.6. The van der Waals surface area contributed by atoms with Gasteiger partial charge in [-0.15, -0.1) is 10.2 Å². The first-order chi connectivity index (χ1) is 17.6. The highest BCUT2D eigenvalue weighted by Gasteiger charge is 2.15. The molecule has 0 amide bonds. The van der Waals surface area contributed by atoms with E-state index in [4.69, 9.17) is 4.98 Å². The highest BCUT2D eigenvalue weighted by molar-refractivity contribution is 5.99. The maximum atomic E-state index is 11.6. The highest BCUT2D eigenvalue weighted by atomic mass is 16.4. The third-order valence-corrected chi connectivity index (χ3v) is 6.35. The lowest BCUT2D eigenvalue weighted by molar-refractivity contribution is 0.0697. The summed E-state index contributed by atoms with van der Waals surface area (Å²) >= 11 is 0. The van der Waals surface area contributed by atoms with E-state index in [0.29, 0.717) is 12.4 Å². The Kier molecular flexibility index (Phi) is 6.40. The quantitative estimate of drug-likeness (QED) is 0.269. The molecule has 0 aliphatic rings. The number of carboxylic acid groups (broad SMARTS) is 1. The number of carboxylic acids is 1. The third-order valence-electron chi connectivity index (χ3n) is 6.35. The van der Waals surface area contributed by atoms with Crippen LogP contribution in [0.1, 0.15) is 41.0 Å². The molecule has 3 N–H and O–H groups in total. The van der Waals surface area contributed by atoms with Gasteiger partial charge in [-0.1, -0.05) is 62.4 Å². The van der Waals surface area contributed by atoms with E-state index in [9.17, 15) is 9.90 Å². The number of aromatic nitrogens is 5. The number of nitrogens with zero attached hydrogens (tertiary/aromatic N) is 4. The van der Waals surface area contributed by atoms with E-state index in [1.165, 1.54) is 0 Å². The summed E-state index contributed by atoms with van der Waals surface area (Å²) in [6, 6.07) is 21.4. The van der Waals surface area contributed by atoms with Crippen LogP contribution in [-0.4, -0.2) is 36.7 Å². The smallest absolute Gasteiger partial charge is 0.335 e. The zero-order valence-electron chi connectivity index (χ0n) is 20.1. The second-order valence-electron chi connectivity index (χ2n) is 8.49. The Morgan fingerprint density at radius 2 is 1.75 bits per heavy atom. The number of rotatable bonds is 8. The van der Waals surface area contributed by atoms with Gasteiger partial charge in [-0.05, 0) is 58.5 Å². The summed E-state index contributed by atoms with van der Waals surface area (Å²) in [5, 5.41) is 28.4.